The zero-order valence-electron chi connectivity index (χ0n) is 10.2. The van der Waals surface area contributed by atoms with Crippen molar-refractivity contribution in [3.05, 3.63) is 52.8 Å². The summed E-state index contributed by atoms with van der Waals surface area (Å²) in [6, 6.07) is 7.09. The molecule has 0 aromatic heterocycles. The molecule has 0 fully saturated rings. The lowest BCUT2D eigenvalue weighted by atomic mass is 9.88. The van der Waals surface area contributed by atoms with Gasteiger partial charge in [0, 0.05) is 5.57 Å². The van der Waals surface area contributed by atoms with E-state index in [1.807, 2.05) is 12.1 Å². The number of hydrogen-bond acceptors (Lipinski definition) is 3. The van der Waals surface area contributed by atoms with Gasteiger partial charge in [0.2, 0.25) is 0 Å². The molecule has 1 aromatic rings. The summed E-state index contributed by atoms with van der Waals surface area (Å²) in [6.45, 7) is 0. The predicted molar refractivity (Wildman–Crippen MR) is 67.4 cm³/mol. The molecule has 1 aliphatic rings. The van der Waals surface area contributed by atoms with E-state index in [9.17, 15) is 9.59 Å². The summed E-state index contributed by atoms with van der Waals surface area (Å²) in [6.07, 6.45) is 2.26. The highest BCUT2D eigenvalue weighted by Crippen LogP contribution is 2.34. The Kier molecular flexibility index (Phi) is 3.37. The van der Waals surface area contributed by atoms with Crippen LogP contribution in [0.25, 0.3) is 5.57 Å². The molecule has 5 heteroatoms. The first kappa shape index (κ1) is 12.9. The summed E-state index contributed by atoms with van der Waals surface area (Å²) >= 11 is 0. The molecular formula is C14H12O5. The van der Waals surface area contributed by atoms with E-state index in [2.05, 4.69) is 0 Å². The van der Waals surface area contributed by atoms with Crippen LogP contribution in [0.4, 0.5) is 0 Å². The number of ether oxygens (including phenoxy) is 1. The number of carbonyl (C=O) groups is 2. The van der Waals surface area contributed by atoms with Gasteiger partial charge in [-0.3, -0.25) is 0 Å². The van der Waals surface area contributed by atoms with Crippen molar-refractivity contribution in [2.45, 2.75) is 6.42 Å². The fourth-order valence-electron chi connectivity index (χ4n) is 2.13. The van der Waals surface area contributed by atoms with Crippen molar-refractivity contribution in [2.24, 2.45) is 0 Å². The van der Waals surface area contributed by atoms with Gasteiger partial charge in [0.15, 0.2) is 5.57 Å². The van der Waals surface area contributed by atoms with Crippen molar-refractivity contribution in [3.63, 3.8) is 0 Å². The summed E-state index contributed by atoms with van der Waals surface area (Å²) in [7, 11) is 1.39. The molecule has 98 valence electrons. The fraction of sp³-hybridized carbons (Fsp3) is 0.143. The molecule has 2 rings (SSSR count). The summed E-state index contributed by atoms with van der Waals surface area (Å²) in [5, 5.41) is 18.2. The van der Waals surface area contributed by atoms with Gasteiger partial charge in [-0.2, -0.15) is 0 Å². The second kappa shape index (κ2) is 4.97. The average molecular weight is 260 g/mol. The van der Waals surface area contributed by atoms with Crippen molar-refractivity contribution in [1.82, 2.24) is 0 Å². The number of allylic oxidation sites excluding steroid dienone is 2. The van der Waals surface area contributed by atoms with E-state index in [4.69, 9.17) is 14.9 Å². The Labute approximate surface area is 109 Å². The lowest BCUT2D eigenvalue weighted by Gasteiger charge is -2.20. The largest absolute Gasteiger partial charge is 0.496 e. The van der Waals surface area contributed by atoms with Crippen molar-refractivity contribution >= 4 is 17.5 Å². The maximum atomic E-state index is 11.2. The molecule has 1 aliphatic carbocycles. The van der Waals surface area contributed by atoms with Crippen LogP contribution in [0.3, 0.4) is 0 Å². The third kappa shape index (κ3) is 2.22. The van der Waals surface area contributed by atoms with E-state index in [0.717, 1.165) is 5.56 Å². The Morgan fingerprint density at radius 2 is 1.79 bits per heavy atom. The molecular weight excluding hydrogens is 248 g/mol. The molecule has 2 N–H and O–H groups in total. The van der Waals surface area contributed by atoms with Crippen molar-refractivity contribution < 1.29 is 24.5 Å². The van der Waals surface area contributed by atoms with Crippen molar-refractivity contribution in [1.29, 1.82) is 0 Å². The van der Waals surface area contributed by atoms with E-state index in [1.165, 1.54) is 7.11 Å². The van der Waals surface area contributed by atoms with Crippen LogP contribution in [0, 0.1) is 0 Å². The van der Waals surface area contributed by atoms with Crippen LogP contribution in [0.5, 0.6) is 0 Å². The standard InChI is InChI=1S/C14H12O5/c1-19-10-7-6-8-4-2-3-5-9(8)11(10)12(13(15)16)14(17)18/h2-5,7H,6H2,1H3,(H,15,16)(H,17,18). The molecule has 0 atom stereocenters. The second-order valence-corrected chi connectivity index (χ2v) is 3.99. The molecule has 0 bridgehead atoms. The zero-order chi connectivity index (χ0) is 14.0. The van der Waals surface area contributed by atoms with Gasteiger partial charge in [0.25, 0.3) is 0 Å². The average Bonchev–Trinajstić information content (AvgIpc) is 2.38. The maximum Gasteiger partial charge on any atom is 0.343 e. The first-order chi connectivity index (χ1) is 9.06. The van der Waals surface area contributed by atoms with Crippen LogP contribution in [0.1, 0.15) is 11.1 Å². The third-order valence-corrected chi connectivity index (χ3v) is 2.94. The van der Waals surface area contributed by atoms with E-state index >= 15 is 0 Å². The van der Waals surface area contributed by atoms with Gasteiger partial charge in [-0.1, -0.05) is 24.3 Å². The number of hydrogen-bond donors (Lipinski definition) is 2. The molecule has 0 saturated carbocycles. The molecule has 0 amide bonds. The number of fused-ring (bicyclic) bond motifs is 1. The number of carboxylic acids is 2. The quantitative estimate of drug-likeness (QED) is 0.491. The monoisotopic (exact) mass is 260 g/mol. The molecule has 5 nitrogen and oxygen atoms in total. The van der Waals surface area contributed by atoms with Crippen LogP contribution in [0.15, 0.2) is 41.7 Å². The Balaban J connectivity index is 2.78. The second-order valence-electron chi connectivity index (χ2n) is 3.99. The number of benzene rings is 1. The molecule has 0 spiro atoms. The van der Waals surface area contributed by atoms with Gasteiger partial charge in [-0.15, -0.1) is 0 Å². The van der Waals surface area contributed by atoms with Crippen LogP contribution < -0.4 is 0 Å². The Morgan fingerprint density at radius 3 is 2.37 bits per heavy atom. The van der Waals surface area contributed by atoms with Crippen molar-refractivity contribution in [2.75, 3.05) is 7.11 Å². The lowest BCUT2D eigenvalue weighted by Crippen LogP contribution is -2.17. The molecule has 1 aromatic carbocycles. The van der Waals surface area contributed by atoms with E-state index < -0.39 is 17.5 Å². The SMILES string of the molecule is COC1=CCc2ccccc2C1=C(C(=O)O)C(=O)O. The van der Waals surface area contributed by atoms with E-state index in [1.54, 1.807) is 18.2 Å². The number of methoxy groups -OCH3 is 1. The summed E-state index contributed by atoms with van der Waals surface area (Å²) in [5.41, 5.74) is 0.893. The smallest absolute Gasteiger partial charge is 0.343 e. The molecule has 0 radical (unpaired) electrons. The molecule has 0 saturated heterocycles. The minimum atomic E-state index is -1.48. The molecule has 0 unspecified atom stereocenters. The van der Waals surface area contributed by atoms with Gasteiger partial charge in [0.1, 0.15) is 5.76 Å². The minimum Gasteiger partial charge on any atom is -0.496 e. The lowest BCUT2D eigenvalue weighted by molar-refractivity contribution is -0.140. The number of carboxylic acid groups (broad SMARTS) is 2. The molecule has 19 heavy (non-hydrogen) atoms. The fourth-order valence-corrected chi connectivity index (χ4v) is 2.13. The van der Waals surface area contributed by atoms with Crippen LogP contribution in [-0.2, 0) is 20.7 Å². The van der Waals surface area contributed by atoms with Crippen LogP contribution in [0.2, 0.25) is 0 Å². The molecule has 0 heterocycles. The minimum absolute atomic E-state index is 0.115. The van der Waals surface area contributed by atoms with Gasteiger partial charge < -0.3 is 14.9 Å². The Morgan fingerprint density at radius 1 is 1.16 bits per heavy atom. The first-order valence-corrected chi connectivity index (χ1v) is 5.60. The summed E-state index contributed by atoms with van der Waals surface area (Å²) < 4.78 is 5.12. The highest BCUT2D eigenvalue weighted by molar-refractivity contribution is 6.20. The van der Waals surface area contributed by atoms with Gasteiger partial charge in [0.05, 0.1) is 7.11 Å². The van der Waals surface area contributed by atoms with E-state index in [-0.39, 0.29) is 11.3 Å². The zero-order valence-corrected chi connectivity index (χ0v) is 10.2. The van der Waals surface area contributed by atoms with Crippen LogP contribution in [-0.4, -0.2) is 29.3 Å². The third-order valence-electron chi connectivity index (χ3n) is 2.94. The van der Waals surface area contributed by atoms with Gasteiger partial charge >= 0.3 is 11.9 Å². The van der Waals surface area contributed by atoms with Crippen molar-refractivity contribution in [3.8, 4) is 0 Å². The first-order valence-electron chi connectivity index (χ1n) is 5.60. The normalized spacial score (nSPS) is 13.3. The summed E-state index contributed by atoms with van der Waals surface area (Å²) in [4.78, 5) is 22.4. The van der Waals surface area contributed by atoms with Gasteiger partial charge in [-0.25, -0.2) is 9.59 Å². The Bertz CT molecular complexity index is 594. The number of rotatable bonds is 3. The van der Waals surface area contributed by atoms with Crippen LogP contribution >= 0.6 is 0 Å². The predicted octanol–water partition coefficient (Wildman–Crippen LogP) is 1.70. The highest BCUT2D eigenvalue weighted by Gasteiger charge is 2.29. The summed E-state index contributed by atoms with van der Waals surface area (Å²) in [5.74, 6) is -2.69. The van der Waals surface area contributed by atoms with E-state index in [0.29, 0.717) is 12.0 Å². The topological polar surface area (TPSA) is 83.8 Å². The highest BCUT2D eigenvalue weighted by atomic mass is 16.5. The Hall–Kier alpha value is -2.56. The van der Waals surface area contributed by atoms with Gasteiger partial charge in [-0.05, 0) is 23.6 Å². The number of aliphatic carboxylic acids is 2. The maximum absolute atomic E-state index is 11.2. The molecule has 0 aliphatic heterocycles.